The van der Waals surface area contributed by atoms with Crippen molar-refractivity contribution in [2.45, 2.75) is 6.42 Å². The fourth-order valence-electron chi connectivity index (χ4n) is 2.53. The van der Waals surface area contributed by atoms with Gasteiger partial charge in [0.15, 0.2) is 5.96 Å². The first kappa shape index (κ1) is 19.3. The number of aromatic amines is 1. The van der Waals surface area contributed by atoms with Crippen molar-refractivity contribution in [3.63, 3.8) is 0 Å². The summed E-state index contributed by atoms with van der Waals surface area (Å²) in [6.07, 6.45) is 0.830. The van der Waals surface area contributed by atoms with Crippen LogP contribution in [0, 0.1) is 5.41 Å². The van der Waals surface area contributed by atoms with Crippen LogP contribution in [-0.4, -0.2) is 35.4 Å². The van der Waals surface area contributed by atoms with Gasteiger partial charge in [-0.1, -0.05) is 30.3 Å². The van der Waals surface area contributed by atoms with Gasteiger partial charge in [0, 0.05) is 30.4 Å². The highest BCUT2D eigenvalue weighted by Crippen LogP contribution is 2.22. The van der Waals surface area contributed by atoms with Crippen LogP contribution >= 0.6 is 12.4 Å². The number of nitrogens with zero attached hydrogens (tertiary/aromatic N) is 1. The van der Waals surface area contributed by atoms with E-state index in [1.165, 1.54) is 12.6 Å². The number of benzene rings is 2. The van der Waals surface area contributed by atoms with Gasteiger partial charge in [-0.05, 0) is 23.8 Å². The highest BCUT2D eigenvalue weighted by atomic mass is 35.5. The Hall–Kier alpha value is -2.99. The maximum Gasteiger partial charge on any atom is 0.276 e. The Morgan fingerprint density at radius 2 is 1.92 bits per heavy atom. The topological polar surface area (TPSA) is 95.2 Å². The van der Waals surface area contributed by atoms with Gasteiger partial charge in [0.25, 0.3) is 5.91 Å². The quantitative estimate of drug-likeness (QED) is 0.474. The minimum Gasteiger partial charge on any atom is -0.493 e. The Morgan fingerprint density at radius 3 is 2.62 bits per heavy atom. The minimum absolute atomic E-state index is 0. The summed E-state index contributed by atoms with van der Waals surface area (Å²) in [4.78, 5) is 16.4. The fraction of sp³-hybridized carbons (Fsp3) is 0.158. The summed E-state index contributed by atoms with van der Waals surface area (Å²) in [7, 11) is 1.47. The third-order valence-corrected chi connectivity index (χ3v) is 3.99. The molecule has 4 N–H and O–H groups in total. The lowest BCUT2D eigenvalue weighted by Gasteiger charge is -2.12. The lowest BCUT2D eigenvalue weighted by Crippen LogP contribution is -2.38. The second kappa shape index (κ2) is 8.40. The van der Waals surface area contributed by atoms with E-state index < -0.39 is 0 Å². The van der Waals surface area contributed by atoms with Crippen LogP contribution in [0.4, 0.5) is 0 Å². The van der Waals surface area contributed by atoms with Crippen LogP contribution in [0.25, 0.3) is 10.9 Å². The number of hydrogen-bond donors (Lipinski definition) is 3. The van der Waals surface area contributed by atoms with Gasteiger partial charge in [-0.15, -0.1) is 12.4 Å². The third-order valence-electron chi connectivity index (χ3n) is 3.99. The highest BCUT2D eigenvalue weighted by Gasteiger charge is 2.16. The number of hydrogen-bond acceptors (Lipinski definition) is 3. The molecule has 0 aliphatic carbocycles. The average molecular weight is 373 g/mol. The molecule has 6 nitrogen and oxygen atoms in total. The molecule has 0 unspecified atom stereocenters. The molecule has 0 fully saturated rings. The predicted octanol–water partition coefficient (Wildman–Crippen LogP) is 3.18. The molecule has 0 aliphatic rings. The van der Waals surface area contributed by atoms with Crippen molar-refractivity contribution >= 4 is 35.2 Å². The van der Waals surface area contributed by atoms with E-state index in [0.717, 1.165) is 28.0 Å². The molecular formula is C19H21ClN4O2. The normalized spacial score (nSPS) is 10.2. The Morgan fingerprint density at radius 1 is 1.19 bits per heavy atom. The van der Waals surface area contributed by atoms with Gasteiger partial charge in [-0.3, -0.25) is 15.1 Å². The molecule has 1 heterocycles. The van der Waals surface area contributed by atoms with E-state index >= 15 is 0 Å². The van der Waals surface area contributed by atoms with E-state index in [9.17, 15) is 4.79 Å². The Balaban J connectivity index is 0.00000243. The van der Waals surface area contributed by atoms with Crippen LogP contribution < -0.4 is 10.5 Å². The van der Waals surface area contributed by atoms with Crippen LogP contribution in [0.2, 0.25) is 0 Å². The molecule has 0 atom stereocenters. The standard InChI is InChI=1S/C19H20N4O2.ClH/c1-23(19(20)21)18(24)17-11-14-7-8-15(12-16(14)22-17)25-10-9-13-5-3-2-4-6-13;/h2-8,11-12,22H,9-10H2,1H3,(H3,20,21);1H. The maximum atomic E-state index is 12.2. The molecule has 0 saturated heterocycles. The van der Waals surface area contributed by atoms with Crippen LogP contribution in [0.15, 0.2) is 54.6 Å². The van der Waals surface area contributed by atoms with Gasteiger partial charge < -0.3 is 15.5 Å². The van der Waals surface area contributed by atoms with Crippen LogP contribution in [-0.2, 0) is 6.42 Å². The summed E-state index contributed by atoms with van der Waals surface area (Å²) in [5.41, 5.74) is 7.76. The highest BCUT2D eigenvalue weighted by molar-refractivity contribution is 6.05. The number of nitrogens with one attached hydrogen (secondary N) is 2. The number of amides is 1. The number of fused-ring (bicyclic) bond motifs is 1. The number of halogens is 1. The lowest BCUT2D eigenvalue weighted by molar-refractivity contribution is 0.0864. The van der Waals surface area contributed by atoms with Crippen molar-refractivity contribution in [1.82, 2.24) is 9.88 Å². The van der Waals surface area contributed by atoms with Crippen LogP contribution in [0.1, 0.15) is 16.1 Å². The summed E-state index contributed by atoms with van der Waals surface area (Å²) in [6, 6.07) is 17.5. The molecule has 0 bridgehead atoms. The van der Waals surface area contributed by atoms with Crippen molar-refractivity contribution in [2.24, 2.45) is 5.73 Å². The molecule has 0 saturated carbocycles. The zero-order valence-electron chi connectivity index (χ0n) is 14.4. The van der Waals surface area contributed by atoms with E-state index in [1.54, 1.807) is 6.07 Å². The Kier molecular flexibility index (Phi) is 6.25. The van der Waals surface area contributed by atoms with E-state index in [2.05, 4.69) is 17.1 Å². The van der Waals surface area contributed by atoms with Crippen molar-refractivity contribution < 1.29 is 9.53 Å². The summed E-state index contributed by atoms with van der Waals surface area (Å²) < 4.78 is 5.80. The number of carbonyl (C=O) groups excluding carboxylic acids is 1. The van der Waals surface area contributed by atoms with E-state index in [4.69, 9.17) is 15.9 Å². The number of aromatic nitrogens is 1. The molecule has 1 amide bonds. The summed E-state index contributed by atoms with van der Waals surface area (Å²) in [6.45, 7) is 0.578. The zero-order valence-corrected chi connectivity index (χ0v) is 15.2. The first-order valence-corrected chi connectivity index (χ1v) is 7.96. The number of guanidine groups is 1. The van der Waals surface area contributed by atoms with Gasteiger partial charge in [0.05, 0.1) is 6.61 Å². The molecule has 0 radical (unpaired) electrons. The number of nitrogens with two attached hydrogens (primary N) is 1. The number of rotatable bonds is 5. The average Bonchev–Trinajstić information content (AvgIpc) is 3.04. The number of ether oxygens (including phenoxy) is 1. The molecule has 136 valence electrons. The van der Waals surface area contributed by atoms with Crippen LogP contribution in [0.3, 0.4) is 0 Å². The van der Waals surface area contributed by atoms with Gasteiger partial charge in [-0.25, -0.2) is 0 Å². The van der Waals surface area contributed by atoms with Gasteiger partial charge in [0.2, 0.25) is 0 Å². The summed E-state index contributed by atoms with van der Waals surface area (Å²) in [5.74, 6) is 0.0908. The molecule has 3 aromatic rings. The Bertz CT molecular complexity index is 908. The Labute approximate surface area is 157 Å². The summed E-state index contributed by atoms with van der Waals surface area (Å²) in [5, 5.41) is 8.24. The van der Waals surface area contributed by atoms with Crippen molar-refractivity contribution in [2.75, 3.05) is 13.7 Å². The molecule has 7 heteroatoms. The maximum absolute atomic E-state index is 12.2. The van der Waals surface area contributed by atoms with Crippen LogP contribution in [0.5, 0.6) is 5.75 Å². The molecule has 0 aliphatic heterocycles. The SMILES string of the molecule is CN(C(=N)N)C(=O)c1cc2ccc(OCCc3ccccc3)cc2[nH]1.Cl. The smallest absolute Gasteiger partial charge is 0.276 e. The fourth-order valence-corrected chi connectivity index (χ4v) is 2.53. The monoisotopic (exact) mass is 372 g/mol. The minimum atomic E-state index is -0.352. The van der Waals surface area contributed by atoms with Gasteiger partial charge >= 0.3 is 0 Å². The van der Waals surface area contributed by atoms with E-state index in [1.807, 2.05) is 36.4 Å². The first-order valence-electron chi connectivity index (χ1n) is 7.96. The molecule has 2 aromatic carbocycles. The van der Waals surface area contributed by atoms with Crippen molar-refractivity contribution in [3.05, 3.63) is 65.9 Å². The third kappa shape index (κ3) is 4.34. The van der Waals surface area contributed by atoms with Gasteiger partial charge in [-0.2, -0.15) is 0 Å². The van der Waals surface area contributed by atoms with Crippen molar-refractivity contribution in [1.29, 1.82) is 5.41 Å². The molecule has 0 spiro atoms. The lowest BCUT2D eigenvalue weighted by atomic mass is 10.2. The summed E-state index contributed by atoms with van der Waals surface area (Å²) >= 11 is 0. The predicted molar refractivity (Wildman–Crippen MR) is 105 cm³/mol. The van der Waals surface area contributed by atoms with E-state index in [-0.39, 0.29) is 24.3 Å². The molecule has 3 rings (SSSR count). The second-order valence-corrected chi connectivity index (χ2v) is 5.77. The molecular weight excluding hydrogens is 352 g/mol. The second-order valence-electron chi connectivity index (χ2n) is 5.77. The molecule has 1 aromatic heterocycles. The zero-order chi connectivity index (χ0) is 17.8. The van der Waals surface area contributed by atoms with E-state index in [0.29, 0.717) is 12.3 Å². The molecule has 26 heavy (non-hydrogen) atoms. The first-order chi connectivity index (χ1) is 12.0. The number of carbonyl (C=O) groups is 1. The number of H-pyrrole nitrogens is 1. The van der Waals surface area contributed by atoms with Gasteiger partial charge in [0.1, 0.15) is 11.4 Å². The van der Waals surface area contributed by atoms with Crippen molar-refractivity contribution in [3.8, 4) is 5.75 Å². The largest absolute Gasteiger partial charge is 0.493 e.